The molecule has 126 valence electrons. The highest BCUT2D eigenvalue weighted by Gasteiger charge is 2.25. The molecule has 0 atom stereocenters. The first kappa shape index (κ1) is 18.4. The number of hydrogen-bond acceptors (Lipinski definition) is 3. The van der Waals surface area contributed by atoms with Crippen LogP contribution in [0, 0.1) is 5.82 Å². The Labute approximate surface area is 150 Å². The number of halogens is 3. The molecule has 2 N–H and O–H groups in total. The summed E-state index contributed by atoms with van der Waals surface area (Å²) in [7, 11) is 0. The summed E-state index contributed by atoms with van der Waals surface area (Å²) in [6.45, 7) is 0.631. The van der Waals surface area contributed by atoms with E-state index < -0.39 is 5.82 Å². The first-order valence-corrected chi connectivity index (χ1v) is 7.59. The van der Waals surface area contributed by atoms with Crippen LogP contribution in [-0.2, 0) is 4.79 Å². The van der Waals surface area contributed by atoms with Crippen LogP contribution in [0.4, 0.5) is 10.1 Å². The number of rotatable bonds is 3. The molecule has 24 heavy (non-hydrogen) atoms. The first-order valence-electron chi connectivity index (χ1n) is 7.21. The Kier molecular flexibility index (Phi) is 5.94. The Balaban J connectivity index is 0.00000208. The molecule has 0 aliphatic carbocycles. The van der Waals surface area contributed by atoms with Crippen LogP contribution in [-0.4, -0.2) is 31.3 Å². The molecule has 0 radical (unpaired) electrons. The third-order valence-electron chi connectivity index (χ3n) is 3.66. The summed E-state index contributed by atoms with van der Waals surface area (Å²) >= 11 is 6.11. The lowest BCUT2D eigenvalue weighted by atomic mass is 9.99. The summed E-state index contributed by atoms with van der Waals surface area (Å²) in [6, 6.07) is 11.5. The molecule has 3 rings (SSSR count). The third kappa shape index (κ3) is 3.43. The molecule has 0 spiro atoms. The summed E-state index contributed by atoms with van der Waals surface area (Å²) in [4.78, 5) is 18.3. The molecule has 7 heteroatoms. The molecule has 1 aliphatic rings. The maximum absolute atomic E-state index is 14.2. The maximum Gasteiger partial charge on any atom is 0.248 e. The van der Waals surface area contributed by atoms with Gasteiger partial charge in [-0.25, -0.2) is 4.39 Å². The van der Waals surface area contributed by atoms with Gasteiger partial charge in [-0.1, -0.05) is 23.7 Å². The molecule has 0 saturated heterocycles. The van der Waals surface area contributed by atoms with Crippen molar-refractivity contribution in [3.05, 3.63) is 64.4 Å². The lowest BCUT2D eigenvalue weighted by Crippen LogP contribution is -2.36. The van der Waals surface area contributed by atoms with Crippen LogP contribution in [0.3, 0.4) is 0 Å². The zero-order chi connectivity index (χ0) is 16.4. The molecule has 0 aromatic heterocycles. The maximum atomic E-state index is 14.2. The van der Waals surface area contributed by atoms with Crippen LogP contribution < -0.4 is 10.6 Å². The average molecular weight is 368 g/mol. The zero-order valence-corrected chi connectivity index (χ0v) is 14.3. The van der Waals surface area contributed by atoms with Gasteiger partial charge in [-0.3, -0.25) is 9.79 Å². The molecule has 0 fully saturated rings. The van der Waals surface area contributed by atoms with E-state index in [-0.39, 0.29) is 24.9 Å². The van der Waals surface area contributed by atoms with E-state index in [0.717, 1.165) is 0 Å². The number of benzene rings is 2. The summed E-state index contributed by atoms with van der Waals surface area (Å²) in [5.41, 5.74) is 7.65. The third-order valence-corrected chi connectivity index (χ3v) is 3.89. The monoisotopic (exact) mass is 367 g/mol. The quantitative estimate of drug-likeness (QED) is 0.906. The van der Waals surface area contributed by atoms with Crippen molar-refractivity contribution < 1.29 is 9.18 Å². The standard InChI is InChI=1S/C17H15ClFN3O.ClH/c18-11-5-6-15-13(9-11)17(12-3-1-2-4-14(12)19)21-10-16(23)22(15)8-7-20;/h1-6,9H,7-8,10,20H2;1H. The van der Waals surface area contributed by atoms with E-state index in [1.807, 2.05) is 0 Å². The van der Waals surface area contributed by atoms with Crippen LogP contribution in [0.5, 0.6) is 0 Å². The normalized spacial score (nSPS) is 13.7. The van der Waals surface area contributed by atoms with Crippen molar-refractivity contribution in [3.63, 3.8) is 0 Å². The second kappa shape index (κ2) is 7.75. The van der Waals surface area contributed by atoms with Crippen LogP contribution in [0.1, 0.15) is 11.1 Å². The molecule has 1 amide bonds. The van der Waals surface area contributed by atoms with Gasteiger partial charge >= 0.3 is 0 Å². The van der Waals surface area contributed by atoms with Gasteiger partial charge < -0.3 is 10.6 Å². The van der Waals surface area contributed by atoms with Crippen molar-refractivity contribution in [3.8, 4) is 0 Å². The first-order chi connectivity index (χ1) is 11.1. The van der Waals surface area contributed by atoms with E-state index in [2.05, 4.69) is 4.99 Å². The van der Waals surface area contributed by atoms with Crippen molar-refractivity contribution in [2.24, 2.45) is 10.7 Å². The van der Waals surface area contributed by atoms with E-state index in [1.54, 1.807) is 41.3 Å². The number of hydrogen-bond donors (Lipinski definition) is 1. The molecule has 2 aromatic carbocycles. The number of amides is 1. The highest BCUT2D eigenvalue weighted by Crippen LogP contribution is 2.30. The smallest absolute Gasteiger partial charge is 0.248 e. The Hall–Kier alpha value is -1.95. The highest BCUT2D eigenvalue weighted by molar-refractivity contribution is 6.32. The molecule has 1 aliphatic heterocycles. The summed E-state index contributed by atoms with van der Waals surface area (Å²) < 4.78 is 14.2. The Morgan fingerprint density at radius 1 is 1.21 bits per heavy atom. The fourth-order valence-corrected chi connectivity index (χ4v) is 2.81. The van der Waals surface area contributed by atoms with Crippen LogP contribution in [0.15, 0.2) is 47.5 Å². The van der Waals surface area contributed by atoms with Gasteiger partial charge in [-0.15, -0.1) is 12.4 Å². The minimum atomic E-state index is -0.392. The SMILES string of the molecule is Cl.NCCN1C(=O)CN=C(c2ccccc2F)c2cc(Cl)ccc21. The van der Waals surface area contributed by atoms with Gasteiger partial charge in [0.15, 0.2) is 0 Å². The number of anilines is 1. The van der Waals surface area contributed by atoms with Crippen LogP contribution >= 0.6 is 24.0 Å². The van der Waals surface area contributed by atoms with Gasteiger partial charge in [0.25, 0.3) is 0 Å². The summed E-state index contributed by atoms with van der Waals surface area (Å²) in [6.07, 6.45) is 0. The summed E-state index contributed by atoms with van der Waals surface area (Å²) in [5, 5.41) is 0.495. The predicted molar refractivity (Wildman–Crippen MR) is 97.0 cm³/mol. The predicted octanol–water partition coefficient (Wildman–Crippen LogP) is 3.04. The number of fused-ring (bicyclic) bond motifs is 1. The van der Waals surface area contributed by atoms with Crippen molar-refractivity contribution >= 4 is 41.3 Å². The van der Waals surface area contributed by atoms with Crippen LogP contribution in [0.2, 0.25) is 5.02 Å². The Morgan fingerprint density at radius 3 is 2.67 bits per heavy atom. The molecular formula is C17H16Cl2FN3O. The number of benzodiazepines with no additional fused rings is 1. The Bertz CT molecular complexity index is 795. The fourth-order valence-electron chi connectivity index (χ4n) is 2.64. The van der Waals surface area contributed by atoms with Crippen molar-refractivity contribution in [1.82, 2.24) is 0 Å². The minimum Gasteiger partial charge on any atom is -0.329 e. The van der Waals surface area contributed by atoms with Gasteiger partial charge in [0.2, 0.25) is 5.91 Å². The molecule has 0 bridgehead atoms. The number of aliphatic imine (C=N–C) groups is 1. The van der Waals surface area contributed by atoms with E-state index in [9.17, 15) is 9.18 Å². The second-order valence-electron chi connectivity index (χ2n) is 5.14. The highest BCUT2D eigenvalue weighted by atomic mass is 35.5. The second-order valence-corrected chi connectivity index (χ2v) is 5.58. The lowest BCUT2D eigenvalue weighted by Gasteiger charge is -2.22. The number of nitrogens with two attached hydrogens (primary N) is 1. The molecule has 0 saturated carbocycles. The molecule has 4 nitrogen and oxygen atoms in total. The van der Waals surface area contributed by atoms with E-state index >= 15 is 0 Å². The number of nitrogens with zero attached hydrogens (tertiary/aromatic N) is 2. The molecule has 2 aromatic rings. The van der Waals surface area contributed by atoms with Crippen LogP contribution in [0.25, 0.3) is 0 Å². The average Bonchev–Trinajstić information content (AvgIpc) is 2.66. The molecule has 1 heterocycles. The number of carbonyl (C=O) groups is 1. The van der Waals surface area contributed by atoms with Gasteiger partial charge in [0.1, 0.15) is 12.4 Å². The van der Waals surface area contributed by atoms with Gasteiger partial charge in [0, 0.05) is 29.2 Å². The Morgan fingerprint density at radius 2 is 1.96 bits per heavy atom. The van der Waals surface area contributed by atoms with E-state index in [1.165, 1.54) is 6.07 Å². The van der Waals surface area contributed by atoms with Gasteiger partial charge in [0.05, 0.1) is 11.4 Å². The molecule has 0 unspecified atom stereocenters. The topological polar surface area (TPSA) is 58.7 Å². The van der Waals surface area contributed by atoms with Gasteiger partial charge in [-0.2, -0.15) is 0 Å². The van der Waals surface area contributed by atoms with E-state index in [4.69, 9.17) is 17.3 Å². The fraction of sp³-hybridized carbons (Fsp3) is 0.176. The minimum absolute atomic E-state index is 0. The van der Waals surface area contributed by atoms with Crippen molar-refractivity contribution in [2.75, 3.05) is 24.5 Å². The molecular weight excluding hydrogens is 352 g/mol. The zero-order valence-electron chi connectivity index (χ0n) is 12.7. The van der Waals surface area contributed by atoms with Crippen molar-refractivity contribution in [2.45, 2.75) is 0 Å². The van der Waals surface area contributed by atoms with Gasteiger partial charge in [-0.05, 0) is 30.3 Å². The number of carbonyl (C=O) groups excluding carboxylic acids is 1. The van der Waals surface area contributed by atoms with E-state index in [0.29, 0.717) is 40.6 Å². The summed E-state index contributed by atoms with van der Waals surface area (Å²) in [5.74, 6) is -0.567. The van der Waals surface area contributed by atoms with Crippen molar-refractivity contribution in [1.29, 1.82) is 0 Å². The lowest BCUT2D eigenvalue weighted by molar-refractivity contribution is -0.117. The largest absolute Gasteiger partial charge is 0.329 e.